The van der Waals surface area contributed by atoms with E-state index in [1.54, 1.807) is 26.0 Å². The van der Waals surface area contributed by atoms with Gasteiger partial charge in [0.2, 0.25) is 0 Å². The van der Waals surface area contributed by atoms with Gasteiger partial charge in [-0.3, -0.25) is 0 Å². The summed E-state index contributed by atoms with van der Waals surface area (Å²) in [7, 11) is 0. The Morgan fingerprint density at radius 1 is 1.25 bits per heavy atom. The minimum Gasteiger partial charge on any atom is -0.457 e. The third kappa shape index (κ3) is 2.92. The van der Waals surface area contributed by atoms with Crippen LogP contribution in [0.25, 0.3) is 11.0 Å². The summed E-state index contributed by atoms with van der Waals surface area (Å²) in [5.41, 5.74) is 1.92. The first-order chi connectivity index (χ1) is 11.4. The number of aryl methyl sites for hydroxylation is 3. The van der Waals surface area contributed by atoms with Gasteiger partial charge in [0, 0.05) is 22.0 Å². The lowest BCUT2D eigenvalue weighted by atomic mass is 10.1. The molecule has 0 saturated carbocycles. The molecule has 3 aromatic rings. The smallest absolute Gasteiger partial charge is 0.344 e. The summed E-state index contributed by atoms with van der Waals surface area (Å²) in [6, 6.07) is 4.65. The maximum Gasteiger partial charge on any atom is 0.344 e. The van der Waals surface area contributed by atoms with Crippen molar-refractivity contribution in [2.45, 2.75) is 27.4 Å². The molecule has 0 aliphatic rings. The molecule has 124 valence electrons. The Kier molecular flexibility index (Phi) is 4.15. The van der Waals surface area contributed by atoms with Gasteiger partial charge < -0.3 is 13.7 Å². The summed E-state index contributed by atoms with van der Waals surface area (Å²) in [5.74, 6) is -0.181. The summed E-state index contributed by atoms with van der Waals surface area (Å²) in [6.07, 6.45) is 0. The molecule has 24 heavy (non-hydrogen) atoms. The highest BCUT2D eigenvalue weighted by atomic mass is 35.5. The lowest BCUT2D eigenvalue weighted by Gasteiger charge is -2.08. The monoisotopic (exact) mass is 347 g/mol. The molecule has 0 radical (unpaired) electrons. The molecule has 0 saturated heterocycles. The molecule has 6 nitrogen and oxygen atoms in total. The van der Waals surface area contributed by atoms with Gasteiger partial charge in [0.25, 0.3) is 0 Å². The summed E-state index contributed by atoms with van der Waals surface area (Å²) >= 11 is 6.14. The van der Waals surface area contributed by atoms with Crippen molar-refractivity contribution < 1.29 is 18.5 Å². The zero-order valence-electron chi connectivity index (χ0n) is 13.3. The first-order valence-corrected chi connectivity index (χ1v) is 7.57. The van der Waals surface area contributed by atoms with Crippen molar-refractivity contribution in [3.63, 3.8) is 0 Å². The second-order valence-electron chi connectivity index (χ2n) is 5.46. The summed E-state index contributed by atoms with van der Waals surface area (Å²) in [4.78, 5) is 23.9. The topological polar surface area (TPSA) is 82.5 Å². The van der Waals surface area contributed by atoms with E-state index in [0.717, 1.165) is 5.56 Å². The second-order valence-corrected chi connectivity index (χ2v) is 5.87. The summed E-state index contributed by atoms with van der Waals surface area (Å²) < 4.78 is 15.4. The summed E-state index contributed by atoms with van der Waals surface area (Å²) in [5, 5.41) is 4.88. The number of ether oxygens (including phenoxy) is 1. The average Bonchev–Trinajstić information content (AvgIpc) is 2.85. The van der Waals surface area contributed by atoms with E-state index in [9.17, 15) is 9.59 Å². The van der Waals surface area contributed by atoms with Crippen molar-refractivity contribution in [2.24, 2.45) is 0 Å². The third-order valence-electron chi connectivity index (χ3n) is 3.71. The standard InChI is InChI=1S/C17H14ClNO5/c1-8-4-14-12(6-13(8)18)11(5-15(20)23-14)7-22-17(21)16-9(2)19-24-10(16)3/h4-6H,7H2,1-3H3. The molecule has 0 fully saturated rings. The second kappa shape index (κ2) is 6.13. The lowest BCUT2D eigenvalue weighted by Crippen LogP contribution is -2.09. The molecule has 2 heterocycles. The van der Waals surface area contributed by atoms with Crippen LogP contribution in [0, 0.1) is 20.8 Å². The van der Waals surface area contributed by atoms with Crippen molar-refractivity contribution in [3.8, 4) is 0 Å². The maximum absolute atomic E-state index is 12.2. The number of esters is 1. The number of aromatic nitrogens is 1. The number of rotatable bonds is 3. The van der Waals surface area contributed by atoms with E-state index in [0.29, 0.717) is 33.0 Å². The van der Waals surface area contributed by atoms with Gasteiger partial charge in [-0.2, -0.15) is 0 Å². The van der Waals surface area contributed by atoms with Gasteiger partial charge in [0.05, 0.1) is 5.69 Å². The van der Waals surface area contributed by atoms with Crippen LogP contribution in [0.4, 0.5) is 0 Å². The Hall–Kier alpha value is -2.60. The van der Waals surface area contributed by atoms with Crippen LogP contribution in [-0.2, 0) is 11.3 Å². The number of hydrogen-bond acceptors (Lipinski definition) is 6. The Morgan fingerprint density at radius 3 is 2.67 bits per heavy atom. The molecule has 0 unspecified atom stereocenters. The first-order valence-electron chi connectivity index (χ1n) is 7.19. The highest BCUT2D eigenvalue weighted by molar-refractivity contribution is 6.32. The maximum atomic E-state index is 12.2. The normalized spacial score (nSPS) is 11.0. The fourth-order valence-electron chi connectivity index (χ4n) is 2.46. The van der Waals surface area contributed by atoms with Gasteiger partial charge in [0.1, 0.15) is 23.5 Å². The van der Waals surface area contributed by atoms with Crippen LogP contribution in [-0.4, -0.2) is 11.1 Å². The van der Waals surface area contributed by atoms with Crippen LogP contribution in [0.5, 0.6) is 0 Å². The third-order valence-corrected chi connectivity index (χ3v) is 4.11. The first kappa shape index (κ1) is 16.3. The molecule has 7 heteroatoms. The van der Waals surface area contributed by atoms with Gasteiger partial charge in [-0.1, -0.05) is 16.8 Å². The predicted molar refractivity (Wildman–Crippen MR) is 87.3 cm³/mol. The molecule has 2 aromatic heterocycles. The molecule has 0 spiro atoms. The highest BCUT2D eigenvalue weighted by Gasteiger charge is 2.19. The number of fused-ring (bicyclic) bond motifs is 1. The van der Waals surface area contributed by atoms with Crippen molar-refractivity contribution in [1.82, 2.24) is 5.16 Å². The van der Waals surface area contributed by atoms with Crippen molar-refractivity contribution in [1.29, 1.82) is 0 Å². The number of benzene rings is 1. The zero-order valence-corrected chi connectivity index (χ0v) is 14.1. The van der Waals surface area contributed by atoms with Crippen molar-refractivity contribution in [2.75, 3.05) is 0 Å². The largest absolute Gasteiger partial charge is 0.457 e. The lowest BCUT2D eigenvalue weighted by molar-refractivity contribution is 0.0471. The SMILES string of the molecule is Cc1cc2oc(=O)cc(COC(=O)c3c(C)noc3C)c2cc1Cl. The molecule has 3 rings (SSSR count). The quantitative estimate of drug-likeness (QED) is 0.530. The highest BCUT2D eigenvalue weighted by Crippen LogP contribution is 2.26. The van der Waals surface area contributed by atoms with Gasteiger partial charge in [-0.05, 0) is 38.5 Å². The molecule has 0 bridgehead atoms. The predicted octanol–water partition coefficient (Wildman–Crippen LogP) is 3.72. The Balaban J connectivity index is 1.94. The zero-order chi connectivity index (χ0) is 17.4. The van der Waals surface area contributed by atoms with Crippen LogP contribution in [0.1, 0.15) is 32.9 Å². The molecule has 0 atom stereocenters. The Labute approximate surface area is 142 Å². The Morgan fingerprint density at radius 2 is 2.00 bits per heavy atom. The minimum atomic E-state index is -0.564. The van der Waals surface area contributed by atoms with E-state index in [1.165, 1.54) is 6.07 Å². The van der Waals surface area contributed by atoms with Crippen molar-refractivity contribution in [3.05, 3.63) is 61.8 Å². The van der Waals surface area contributed by atoms with Gasteiger partial charge in [-0.15, -0.1) is 0 Å². The van der Waals surface area contributed by atoms with Crippen LogP contribution in [0.2, 0.25) is 5.02 Å². The molecule has 0 aliphatic carbocycles. The van der Waals surface area contributed by atoms with Gasteiger partial charge >= 0.3 is 11.6 Å². The molecule has 0 N–H and O–H groups in total. The number of nitrogens with zero attached hydrogens (tertiary/aromatic N) is 1. The van der Waals surface area contributed by atoms with E-state index in [2.05, 4.69) is 5.16 Å². The summed E-state index contributed by atoms with van der Waals surface area (Å²) in [6.45, 7) is 5.00. The molecule has 0 aliphatic heterocycles. The van der Waals surface area contributed by atoms with Crippen LogP contribution < -0.4 is 5.63 Å². The number of carbonyl (C=O) groups excluding carboxylic acids is 1. The van der Waals surface area contributed by atoms with Crippen molar-refractivity contribution >= 4 is 28.5 Å². The number of halogens is 1. The number of carbonyl (C=O) groups is 1. The van der Waals surface area contributed by atoms with Crippen LogP contribution in [0.3, 0.4) is 0 Å². The Bertz CT molecular complexity index is 983. The molecular formula is C17H14ClNO5. The van der Waals surface area contributed by atoms with Gasteiger partial charge in [-0.25, -0.2) is 9.59 Å². The van der Waals surface area contributed by atoms with Crippen LogP contribution >= 0.6 is 11.6 Å². The van der Waals surface area contributed by atoms with Gasteiger partial charge in [0.15, 0.2) is 0 Å². The molecular weight excluding hydrogens is 334 g/mol. The van der Waals surface area contributed by atoms with Crippen LogP contribution in [0.15, 0.2) is 31.9 Å². The number of hydrogen-bond donors (Lipinski definition) is 0. The molecule has 1 aromatic carbocycles. The fourth-order valence-corrected chi connectivity index (χ4v) is 2.62. The van der Waals surface area contributed by atoms with E-state index in [4.69, 9.17) is 25.3 Å². The average molecular weight is 348 g/mol. The van der Waals surface area contributed by atoms with E-state index < -0.39 is 11.6 Å². The van der Waals surface area contributed by atoms with E-state index in [-0.39, 0.29) is 12.2 Å². The van der Waals surface area contributed by atoms with E-state index in [1.807, 2.05) is 6.92 Å². The fraction of sp³-hybridized carbons (Fsp3) is 0.235. The van der Waals surface area contributed by atoms with E-state index >= 15 is 0 Å². The minimum absolute atomic E-state index is 0.0929. The molecule has 0 amide bonds.